The summed E-state index contributed by atoms with van der Waals surface area (Å²) in [5.41, 5.74) is 8.00. The molecular weight excluding hydrogens is 342 g/mol. The van der Waals surface area contributed by atoms with Crippen LogP contribution in [-0.4, -0.2) is 36.4 Å². The maximum absolute atomic E-state index is 12.3. The lowest BCUT2D eigenvalue weighted by Gasteiger charge is -2.26. The van der Waals surface area contributed by atoms with Crippen molar-refractivity contribution < 1.29 is 9.53 Å². The molecule has 1 saturated heterocycles. The van der Waals surface area contributed by atoms with Gasteiger partial charge in [0.1, 0.15) is 0 Å². The van der Waals surface area contributed by atoms with E-state index in [1.54, 1.807) is 11.8 Å². The standard InChI is InChI=1S/C17H21N3O2S2/c1-23-13-4-2-11(3-5-13)14-10-24-17(19-14)20-16(21)15(18)12-6-8-22-9-7-12/h2-5,10,12,15H,6-9,18H2,1H3,(H,19,20,21). The number of ether oxygens (including phenoxy) is 1. The first-order valence-corrected chi connectivity index (χ1v) is 10.0. The first-order chi connectivity index (χ1) is 11.7. The first kappa shape index (κ1) is 17.4. The van der Waals surface area contributed by atoms with E-state index in [1.807, 2.05) is 23.8 Å². The van der Waals surface area contributed by atoms with E-state index in [4.69, 9.17) is 10.5 Å². The predicted molar refractivity (Wildman–Crippen MR) is 99.5 cm³/mol. The van der Waals surface area contributed by atoms with Crippen LogP contribution in [-0.2, 0) is 9.53 Å². The molecule has 1 aromatic carbocycles. The van der Waals surface area contributed by atoms with Crippen LogP contribution in [0.2, 0.25) is 0 Å². The van der Waals surface area contributed by atoms with Crippen molar-refractivity contribution in [2.45, 2.75) is 23.8 Å². The quantitative estimate of drug-likeness (QED) is 0.798. The van der Waals surface area contributed by atoms with Crippen molar-refractivity contribution in [3.8, 4) is 11.3 Å². The summed E-state index contributed by atoms with van der Waals surface area (Å²) in [6, 6.07) is 7.71. The number of carbonyl (C=O) groups is 1. The van der Waals surface area contributed by atoms with Crippen LogP contribution in [0.5, 0.6) is 0 Å². The molecule has 0 radical (unpaired) electrons. The summed E-state index contributed by atoms with van der Waals surface area (Å²) < 4.78 is 5.32. The highest BCUT2D eigenvalue weighted by molar-refractivity contribution is 7.98. The molecule has 0 saturated carbocycles. The smallest absolute Gasteiger partial charge is 0.243 e. The molecule has 7 heteroatoms. The van der Waals surface area contributed by atoms with Gasteiger partial charge in [-0.25, -0.2) is 4.98 Å². The molecule has 1 fully saturated rings. The number of benzene rings is 1. The van der Waals surface area contributed by atoms with Crippen LogP contribution in [0.4, 0.5) is 5.13 Å². The third-order valence-electron chi connectivity index (χ3n) is 4.20. The number of thiazole rings is 1. The van der Waals surface area contributed by atoms with Gasteiger partial charge in [0.25, 0.3) is 0 Å². The van der Waals surface area contributed by atoms with Crippen LogP contribution < -0.4 is 11.1 Å². The van der Waals surface area contributed by atoms with E-state index in [2.05, 4.69) is 22.4 Å². The zero-order valence-corrected chi connectivity index (χ0v) is 15.2. The number of nitrogens with two attached hydrogens (primary N) is 1. The Morgan fingerprint density at radius 2 is 2.08 bits per heavy atom. The lowest BCUT2D eigenvalue weighted by atomic mass is 9.92. The van der Waals surface area contributed by atoms with Gasteiger partial charge in [-0.15, -0.1) is 23.1 Å². The number of nitrogens with zero attached hydrogens (tertiary/aromatic N) is 1. The van der Waals surface area contributed by atoms with E-state index >= 15 is 0 Å². The van der Waals surface area contributed by atoms with Gasteiger partial charge >= 0.3 is 0 Å². The average Bonchev–Trinajstić information content (AvgIpc) is 3.10. The lowest BCUT2D eigenvalue weighted by molar-refractivity contribution is -0.119. The van der Waals surface area contributed by atoms with Crippen molar-refractivity contribution in [1.82, 2.24) is 4.98 Å². The monoisotopic (exact) mass is 363 g/mol. The van der Waals surface area contributed by atoms with Gasteiger partial charge in [-0.3, -0.25) is 4.79 Å². The highest BCUT2D eigenvalue weighted by Crippen LogP contribution is 2.27. The van der Waals surface area contributed by atoms with Crippen molar-refractivity contribution in [3.05, 3.63) is 29.6 Å². The third-order valence-corrected chi connectivity index (χ3v) is 5.70. The van der Waals surface area contributed by atoms with E-state index in [0.717, 1.165) is 24.1 Å². The minimum atomic E-state index is -0.512. The fraction of sp³-hybridized carbons (Fsp3) is 0.412. The zero-order valence-electron chi connectivity index (χ0n) is 13.5. The van der Waals surface area contributed by atoms with Crippen LogP contribution in [0.1, 0.15) is 12.8 Å². The molecule has 1 aliphatic rings. The molecule has 0 spiro atoms. The topological polar surface area (TPSA) is 77.2 Å². The number of rotatable bonds is 5. The summed E-state index contributed by atoms with van der Waals surface area (Å²) in [6.45, 7) is 1.36. The third kappa shape index (κ3) is 4.16. The molecule has 0 bridgehead atoms. The molecule has 24 heavy (non-hydrogen) atoms. The maximum Gasteiger partial charge on any atom is 0.243 e. The Kier molecular flexibility index (Phi) is 5.89. The summed E-state index contributed by atoms with van der Waals surface area (Å²) in [6.07, 6.45) is 3.71. The zero-order chi connectivity index (χ0) is 16.9. The van der Waals surface area contributed by atoms with E-state index in [1.165, 1.54) is 16.2 Å². The Morgan fingerprint density at radius 1 is 1.38 bits per heavy atom. The molecule has 2 aromatic rings. The number of carbonyl (C=O) groups excluding carboxylic acids is 1. The first-order valence-electron chi connectivity index (χ1n) is 7.91. The molecule has 5 nitrogen and oxygen atoms in total. The predicted octanol–water partition coefficient (Wildman–Crippen LogP) is 3.22. The SMILES string of the molecule is CSc1ccc(-c2csc(NC(=O)C(N)C3CCOCC3)n2)cc1. The fourth-order valence-electron chi connectivity index (χ4n) is 2.70. The van der Waals surface area contributed by atoms with Crippen molar-refractivity contribution in [2.24, 2.45) is 11.7 Å². The molecule has 128 valence electrons. The molecule has 1 aliphatic heterocycles. The van der Waals surface area contributed by atoms with Gasteiger partial charge in [-0.05, 0) is 37.1 Å². The number of amides is 1. The van der Waals surface area contributed by atoms with Crippen LogP contribution in [0.15, 0.2) is 34.5 Å². The van der Waals surface area contributed by atoms with Crippen LogP contribution in [0, 0.1) is 5.92 Å². The Balaban J connectivity index is 1.63. The van der Waals surface area contributed by atoms with Crippen molar-refractivity contribution in [3.63, 3.8) is 0 Å². The summed E-state index contributed by atoms with van der Waals surface area (Å²) in [5, 5.41) is 5.39. The van der Waals surface area contributed by atoms with Gasteiger partial charge in [-0.2, -0.15) is 0 Å². The van der Waals surface area contributed by atoms with Gasteiger partial charge < -0.3 is 15.8 Å². The van der Waals surface area contributed by atoms with Gasteiger partial charge in [0.2, 0.25) is 5.91 Å². The Morgan fingerprint density at radius 3 is 2.75 bits per heavy atom. The van der Waals surface area contributed by atoms with Crippen molar-refractivity contribution in [1.29, 1.82) is 0 Å². The Bertz CT molecular complexity index is 681. The summed E-state index contributed by atoms with van der Waals surface area (Å²) in [5.74, 6) is 0.0119. The molecule has 1 amide bonds. The van der Waals surface area contributed by atoms with E-state index in [-0.39, 0.29) is 11.8 Å². The van der Waals surface area contributed by atoms with E-state index in [0.29, 0.717) is 18.3 Å². The van der Waals surface area contributed by atoms with Gasteiger partial charge in [0, 0.05) is 29.1 Å². The minimum Gasteiger partial charge on any atom is -0.381 e. The van der Waals surface area contributed by atoms with Crippen LogP contribution in [0.25, 0.3) is 11.3 Å². The summed E-state index contributed by atoms with van der Waals surface area (Å²) >= 11 is 3.12. The van der Waals surface area contributed by atoms with Crippen LogP contribution >= 0.6 is 23.1 Å². The van der Waals surface area contributed by atoms with Gasteiger partial charge in [-0.1, -0.05) is 12.1 Å². The van der Waals surface area contributed by atoms with Gasteiger partial charge in [0.05, 0.1) is 11.7 Å². The van der Waals surface area contributed by atoms with Crippen LogP contribution in [0.3, 0.4) is 0 Å². The number of aromatic nitrogens is 1. The summed E-state index contributed by atoms with van der Waals surface area (Å²) in [4.78, 5) is 18.0. The molecule has 3 rings (SSSR count). The number of anilines is 1. The molecule has 2 heterocycles. The molecule has 1 unspecified atom stereocenters. The largest absolute Gasteiger partial charge is 0.381 e. The second-order valence-electron chi connectivity index (χ2n) is 5.73. The molecular formula is C17H21N3O2S2. The number of hydrogen-bond acceptors (Lipinski definition) is 6. The molecule has 3 N–H and O–H groups in total. The molecule has 1 aromatic heterocycles. The van der Waals surface area contributed by atoms with Gasteiger partial charge in [0.15, 0.2) is 5.13 Å². The molecule has 1 atom stereocenters. The number of thioether (sulfide) groups is 1. The Labute approximate surface area is 150 Å². The highest BCUT2D eigenvalue weighted by Gasteiger charge is 2.27. The van der Waals surface area contributed by atoms with E-state index < -0.39 is 6.04 Å². The van der Waals surface area contributed by atoms with Crippen molar-refractivity contribution in [2.75, 3.05) is 24.8 Å². The normalized spacial score (nSPS) is 16.8. The van der Waals surface area contributed by atoms with E-state index in [9.17, 15) is 4.79 Å². The average molecular weight is 364 g/mol. The summed E-state index contributed by atoms with van der Waals surface area (Å²) in [7, 11) is 0. The second-order valence-corrected chi connectivity index (χ2v) is 7.47. The fourth-order valence-corrected chi connectivity index (χ4v) is 3.83. The number of hydrogen-bond donors (Lipinski definition) is 2. The lowest BCUT2D eigenvalue weighted by Crippen LogP contribution is -2.43. The van der Waals surface area contributed by atoms with Crippen molar-refractivity contribution >= 4 is 34.1 Å². The number of nitrogens with one attached hydrogen (secondary N) is 1. The maximum atomic E-state index is 12.3. The molecule has 0 aliphatic carbocycles. The second kappa shape index (κ2) is 8.11. The highest BCUT2D eigenvalue weighted by atomic mass is 32.2. The minimum absolute atomic E-state index is 0.166. The Hall–Kier alpha value is -1.41.